The first-order chi connectivity index (χ1) is 9.74. The number of hydrogen-bond acceptors (Lipinski definition) is 5. The van der Waals surface area contributed by atoms with Crippen LogP contribution in [0.1, 0.15) is 18.9 Å². The van der Waals surface area contributed by atoms with E-state index in [-0.39, 0.29) is 19.3 Å². The van der Waals surface area contributed by atoms with Gasteiger partial charge in [0.15, 0.2) is 18.1 Å². The van der Waals surface area contributed by atoms with Crippen LogP contribution >= 0.6 is 0 Å². The van der Waals surface area contributed by atoms with Crippen LogP contribution in [-0.2, 0) is 9.63 Å². The minimum atomic E-state index is -0.0153. The second kappa shape index (κ2) is 5.40. The van der Waals surface area contributed by atoms with E-state index in [0.717, 1.165) is 30.8 Å². The van der Waals surface area contributed by atoms with Crippen molar-refractivity contribution in [3.63, 3.8) is 0 Å². The van der Waals surface area contributed by atoms with Crippen molar-refractivity contribution in [1.29, 1.82) is 0 Å². The molecular weight excluding hydrogens is 260 g/mol. The van der Waals surface area contributed by atoms with Crippen LogP contribution in [0.5, 0.6) is 11.5 Å². The standard InChI is InChI=1S/C14H16N2O4/c1-10(15-20-8-14(17)16-5-2-6-16)11-3-4-12-13(7-11)19-9-18-12/h3-4,7H,2,5-6,8-9H2,1H3. The molecule has 0 aromatic heterocycles. The van der Waals surface area contributed by atoms with Crippen LogP contribution < -0.4 is 9.47 Å². The number of oxime groups is 1. The first-order valence-electron chi connectivity index (χ1n) is 6.58. The van der Waals surface area contributed by atoms with E-state index >= 15 is 0 Å². The SMILES string of the molecule is CC(=NOCC(=O)N1CCC1)c1ccc2c(c1)OCO2. The summed E-state index contributed by atoms with van der Waals surface area (Å²) in [5, 5.41) is 3.97. The molecule has 6 heteroatoms. The Labute approximate surface area is 116 Å². The van der Waals surface area contributed by atoms with Crippen molar-refractivity contribution in [2.24, 2.45) is 5.16 Å². The molecule has 20 heavy (non-hydrogen) atoms. The van der Waals surface area contributed by atoms with Gasteiger partial charge in [0.25, 0.3) is 5.91 Å². The number of carbonyl (C=O) groups is 1. The number of hydrogen-bond donors (Lipinski definition) is 0. The third-order valence-electron chi connectivity index (χ3n) is 3.39. The van der Waals surface area contributed by atoms with Crippen molar-refractivity contribution in [2.75, 3.05) is 26.5 Å². The summed E-state index contributed by atoms with van der Waals surface area (Å²) < 4.78 is 10.6. The molecule has 1 fully saturated rings. The normalized spacial score (nSPS) is 16.9. The van der Waals surface area contributed by atoms with Gasteiger partial charge in [0.1, 0.15) is 0 Å². The highest BCUT2D eigenvalue weighted by molar-refractivity contribution is 5.99. The molecule has 106 valence electrons. The quantitative estimate of drug-likeness (QED) is 0.616. The van der Waals surface area contributed by atoms with E-state index in [4.69, 9.17) is 14.3 Å². The predicted molar refractivity (Wildman–Crippen MR) is 71.9 cm³/mol. The number of benzene rings is 1. The first kappa shape index (κ1) is 12.8. The monoisotopic (exact) mass is 276 g/mol. The maximum atomic E-state index is 11.6. The summed E-state index contributed by atoms with van der Waals surface area (Å²) in [6, 6.07) is 5.57. The Hall–Kier alpha value is -2.24. The van der Waals surface area contributed by atoms with E-state index in [0.29, 0.717) is 11.5 Å². The Morgan fingerprint density at radius 2 is 2.15 bits per heavy atom. The Balaban J connectivity index is 1.58. The van der Waals surface area contributed by atoms with Crippen LogP contribution in [-0.4, -0.2) is 43.0 Å². The average molecular weight is 276 g/mol. The van der Waals surface area contributed by atoms with Gasteiger partial charge in [0, 0.05) is 18.7 Å². The van der Waals surface area contributed by atoms with Crippen molar-refractivity contribution in [2.45, 2.75) is 13.3 Å². The van der Waals surface area contributed by atoms with Crippen molar-refractivity contribution < 1.29 is 19.1 Å². The highest BCUT2D eigenvalue weighted by Gasteiger charge is 2.20. The van der Waals surface area contributed by atoms with Crippen LogP contribution in [0.3, 0.4) is 0 Å². The van der Waals surface area contributed by atoms with Crippen LogP contribution in [0.2, 0.25) is 0 Å². The van der Waals surface area contributed by atoms with Crippen LogP contribution in [0.4, 0.5) is 0 Å². The molecule has 0 saturated carbocycles. The minimum absolute atomic E-state index is 0.0120. The van der Waals surface area contributed by atoms with E-state index in [9.17, 15) is 4.79 Å². The zero-order valence-corrected chi connectivity index (χ0v) is 11.3. The Kier molecular flexibility index (Phi) is 3.45. The van der Waals surface area contributed by atoms with Gasteiger partial charge in [0.05, 0.1) is 5.71 Å². The summed E-state index contributed by atoms with van der Waals surface area (Å²) in [4.78, 5) is 18.5. The number of carbonyl (C=O) groups excluding carboxylic acids is 1. The highest BCUT2D eigenvalue weighted by Crippen LogP contribution is 2.32. The fourth-order valence-electron chi connectivity index (χ4n) is 2.02. The number of likely N-dealkylation sites (tertiary alicyclic amines) is 1. The van der Waals surface area contributed by atoms with Gasteiger partial charge in [-0.05, 0) is 31.5 Å². The lowest BCUT2D eigenvalue weighted by Gasteiger charge is -2.30. The van der Waals surface area contributed by atoms with E-state index in [1.807, 2.05) is 25.1 Å². The molecule has 1 aromatic carbocycles. The largest absolute Gasteiger partial charge is 0.454 e. The lowest BCUT2D eigenvalue weighted by atomic mass is 10.1. The van der Waals surface area contributed by atoms with Gasteiger partial charge >= 0.3 is 0 Å². The molecule has 0 unspecified atom stereocenters. The lowest BCUT2D eigenvalue weighted by Crippen LogP contribution is -2.43. The maximum Gasteiger partial charge on any atom is 0.263 e. The second-order valence-corrected chi connectivity index (χ2v) is 4.75. The molecule has 2 aliphatic rings. The van der Waals surface area contributed by atoms with Crippen molar-refractivity contribution >= 4 is 11.6 Å². The van der Waals surface area contributed by atoms with Gasteiger partial charge in [-0.25, -0.2) is 0 Å². The van der Waals surface area contributed by atoms with Gasteiger partial charge in [-0.2, -0.15) is 0 Å². The molecule has 6 nitrogen and oxygen atoms in total. The molecule has 2 aliphatic heterocycles. The van der Waals surface area contributed by atoms with E-state index < -0.39 is 0 Å². The summed E-state index contributed by atoms with van der Waals surface area (Å²) in [6.45, 7) is 3.71. The van der Waals surface area contributed by atoms with Crippen LogP contribution in [0.25, 0.3) is 0 Å². The highest BCUT2D eigenvalue weighted by atomic mass is 16.7. The summed E-state index contributed by atoms with van der Waals surface area (Å²) in [7, 11) is 0. The van der Waals surface area contributed by atoms with Gasteiger partial charge in [-0.3, -0.25) is 4.79 Å². The Morgan fingerprint density at radius 1 is 1.35 bits per heavy atom. The molecule has 0 spiro atoms. The molecule has 0 bridgehead atoms. The zero-order valence-electron chi connectivity index (χ0n) is 11.3. The smallest absolute Gasteiger partial charge is 0.263 e. The number of fused-ring (bicyclic) bond motifs is 1. The number of ether oxygens (including phenoxy) is 2. The van der Waals surface area contributed by atoms with E-state index in [1.54, 1.807) is 4.90 Å². The van der Waals surface area contributed by atoms with E-state index in [1.165, 1.54) is 0 Å². The molecule has 0 N–H and O–H groups in total. The topological polar surface area (TPSA) is 60.4 Å². The van der Waals surface area contributed by atoms with Gasteiger partial charge in [0.2, 0.25) is 6.79 Å². The molecule has 1 saturated heterocycles. The van der Waals surface area contributed by atoms with Crippen LogP contribution in [0.15, 0.2) is 23.4 Å². The molecule has 0 atom stereocenters. The predicted octanol–water partition coefficient (Wildman–Crippen LogP) is 1.39. The zero-order chi connectivity index (χ0) is 13.9. The lowest BCUT2D eigenvalue weighted by molar-refractivity contribution is -0.139. The molecule has 1 amide bonds. The number of nitrogens with zero attached hydrogens (tertiary/aromatic N) is 2. The van der Waals surface area contributed by atoms with Gasteiger partial charge in [-0.15, -0.1) is 0 Å². The number of amides is 1. The average Bonchev–Trinajstić information content (AvgIpc) is 2.83. The molecule has 2 heterocycles. The third-order valence-corrected chi connectivity index (χ3v) is 3.39. The molecule has 0 aliphatic carbocycles. The maximum absolute atomic E-state index is 11.6. The molecule has 3 rings (SSSR count). The Bertz CT molecular complexity index is 552. The van der Waals surface area contributed by atoms with Crippen molar-refractivity contribution in [3.05, 3.63) is 23.8 Å². The van der Waals surface area contributed by atoms with Gasteiger partial charge in [-0.1, -0.05) is 5.16 Å². The molecule has 0 radical (unpaired) electrons. The summed E-state index contributed by atoms with van der Waals surface area (Å²) in [6.07, 6.45) is 1.07. The summed E-state index contributed by atoms with van der Waals surface area (Å²) in [5.74, 6) is 1.42. The molecular formula is C14H16N2O4. The third kappa shape index (κ3) is 2.54. The first-order valence-corrected chi connectivity index (χ1v) is 6.58. The van der Waals surface area contributed by atoms with Crippen LogP contribution in [0, 0.1) is 0 Å². The van der Waals surface area contributed by atoms with Crippen molar-refractivity contribution in [1.82, 2.24) is 4.90 Å². The summed E-state index contributed by atoms with van der Waals surface area (Å²) in [5.41, 5.74) is 1.57. The Morgan fingerprint density at radius 3 is 2.90 bits per heavy atom. The van der Waals surface area contributed by atoms with E-state index in [2.05, 4.69) is 5.16 Å². The summed E-state index contributed by atoms with van der Waals surface area (Å²) >= 11 is 0. The fourth-order valence-corrected chi connectivity index (χ4v) is 2.02. The van der Waals surface area contributed by atoms with Gasteiger partial charge < -0.3 is 19.2 Å². The number of rotatable bonds is 4. The molecule has 1 aromatic rings. The van der Waals surface area contributed by atoms with Crippen molar-refractivity contribution in [3.8, 4) is 11.5 Å². The minimum Gasteiger partial charge on any atom is -0.454 e. The second-order valence-electron chi connectivity index (χ2n) is 4.75. The fraction of sp³-hybridized carbons (Fsp3) is 0.429.